The maximum absolute atomic E-state index is 6.51. The lowest BCUT2D eigenvalue weighted by Gasteiger charge is -2.19. The summed E-state index contributed by atoms with van der Waals surface area (Å²) in [5.41, 5.74) is 8.37. The fourth-order valence-electron chi connectivity index (χ4n) is 9.38. The van der Waals surface area contributed by atoms with E-state index < -0.39 is 0 Å². The summed E-state index contributed by atoms with van der Waals surface area (Å²) in [6.07, 6.45) is 0.423. The molecule has 0 saturated carbocycles. The Labute approximate surface area is 487 Å². The molecular formula is C70H62O14. The molecule has 10 aromatic rings. The van der Waals surface area contributed by atoms with Crippen LogP contribution in [0.15, 0.2) is 206 Å². The lowest BCUT2D eigenvalue weighted by molar-refractivity contribution is 0.00810. The van der Waals surface area contributed by atoms with Gasteiger partial charge < -0.3 is 66.3 Å². The topological polar surface area (TPSA) is 136 Å². The first kappa shape index (κ1) is 55.1. The van der Waals surface area contributed by atoms with Crippen LogP contribution in [0.3, 0.4) is 0 Å². The van der Waals surface area contributed by atoms with E-state index in [9.17, 15) is 0 Å². The number of ether oxygens (including phenoxy) is 14. The molecule has 2 aliphatic rings. The lowest BCUT2D eigenvalue weighted by Crippen LogP contribution is -2.08. The first-order valence-corrected chi connectivity index (χ1v) is 27.7. The minimum absolute atomic E-state index is 0.0294. The first-order valence-electron chi connectivity index (χ1n) is 27.7. The summed E-state index contributed by atoms with van der Waals surface area (Å²) < 4.78 is 81.3. The van der Waals surface area contributed by atoms with E-state index in [0.717, 1.165) is 90.8 Å². The Morgan fingerprint density at radius 1 is 0.310 bits per heavy atom. The van der Waals surface area contributed by atoms with E-state index in [1.165, 1.54) is 0 Å². The van der Waals surface area contributed by atoms with Gasteiger partial charge in [0.2, 0.25) is 27.2 Å². The number of fused-ring (bicyclic) bond motifs is 2. The Balaban J connectivity index is 0.625. The van der Waals surface area contributed by atoms with Gasteiger partial charge in [-0.2, -0.15) is 0 Å². The minimum Gasteiger partial charge on any atom is -0.468 e. The summed E-state index contributed by atoms with van der Waals surface area (Å²) in [7, 11) is 0. The van der Waals surface area contributed by atoms with E-state index in [0.29, 0.717) is 59.2 Å². The normalized spacial score (nSPS) is 14.1. The second kappa shape index (κ2) is 26.6. The molecule has 0 aromatic heterocycles. The zero-order chi connectivity index (χ0) is 56.9. The van der Waals surface area contributed by atoms with Gasteiger partial charge in [-0.3, -0.25) is 0 Å². The predicted octanol–water partition coefficient (Wildman–Crippen LogP) is 14.8. The molecular weight excluding hydrogens is 1060 g/mol. The molecule has 2 heterocycles. The maximum atomic E-state index is 6.51. The average Bonchev–Trinajstić information content (AvgIpc) is 3.56. The van der Waals surface area contributed by atoms with Gasteiger partial charge in [0.15, 0.2) is 13.6 Å². The summed E-state index contributed by atoms with van der Waals surface area (Å²) in [5, 5.41) is 4.18. The van der Waals surface area contributed by atoms with Crippen molar-refractivity contribution in [1.29, 1.82) is 0 Å². The molecule has 0 bridgehead atoms. The molecule has 2 atom stereocenters. The van der Waals surface area contributed by atoms with Crippen molar-refractivity contribution >= 4 is 21.5 Å². The zero-order valence-electron chi connectivity index (χ0n) is 46.6. The monoisotopic (exact) mass is 1130 g/mol. The molecule has 2 unspecified atom stereocenters. The molecule has 2 aliphatic heterocycles. The van der Waals surface area contributed by atoms with Crippen molar-refractivity contribution in [3.8, 4) is 90.9 Å². The Bertz CT molecular complexity index is 3750. The van der Waals surface area contributed by atoms with Crippen LogP contribution in [-0.4, -0.2) is 79.4 Å². The fourth-order valence-corrected chi connectivity index (χ4v) is 9.38. The summed E-state index contributed by atoms with van der Waals surface area (Å²) in [4.78, 5) is 0. The SMILES string of the molecule is Cc1ccc2c(-c3c(OCOc4ccc(OCOc5ccc(-c6ccc(OCOCC7CO7)cc6)cc5)cc4)ccc4cc(C)ccc34)cc(OCOc3ccc(OCOc4ccc(-c5ccc(OCOCC6CO6)cc5)cc4)cc3)cc2c1. The second-order valence-corrected chi connectivity index (χ2v) is 20.2. The molecule has 14 nitrogen and oxygen atoms in total. The third kappa shape index (κ3) is 15.0. The Morgan fingerprint density at radius 2 is 0.643 bits per heavy atom. The Morgan fingerprint density at radius 3 is 1.04 bits per heavy atom. The quantitative estimate of drug-likeness (QED) is 0.0250. The van der Waals surface area contributed by atoms with Crippen LogP contribution in [0.4, 0.5) is 0 Å². The van der Waals surface area contributed by atoms with Crippen molar-refractivity contribution in [2.24, 2.45) is 0 Å². The van der Waals surface area contributed by atoms with E-state index in [2.05, 4.69) is 56.3 Å². The molecule has 14 heteroatoms. The van der Waals surface area contributed by atoms with Gasteiger partial charge in [0.25, 0.3) is 0 Å². The van der Waals surface area contributed by atoms with Crippen molar-refractivity contribution in [2.75, 3.05) is 67.2 Å². The maximum Gasteiger partial charge on any atom is 0.230 e. The minimum atomic E-state index is -0.0406. The molecule has 0 aliphatic carbocycles. The van der Waals surface area contributed by atoms with E-state index in [4.69, 9.17) is 66.3 Å². The lowest BCUT2D eigenvalue weighted by atomic mass is 9.91. The van der Waals surface area contributed by atoms with Crippen molar-refractivity contribution in [2.45, 2.75) is 26.1 Å². The van der Waals surface area contributed by atoms with Crippen molar-refractivity contribution in [1.82, 2.24) is 0 Å². The van der Waals surface area contributed by atoms with Crippen molar-refractivity contribution in [3.05, 3.63) is 217 Å². The highest BCUT2D eigenvalue weighted by Gasteiger charge is 2.23. The number of epoxide rings is 2. The van der Waals surface area contributed by atoms with Crippen LogP contribution in [0.25, 0.3) is 54.9 Å². The van der Waals surface area contributed by atoms with Crippen LogP contribution in [0, 0.1) is 13.8 Å². The van der Waals surface area contributed by atoms with E-state index >= 15 is 0 Å². The van der Waals surface area contributed by atoms with Gasteiger partial charge >= 0.3 is 0 Å². The number of hydrogen-bond donors (Lipinski definition) is 0. The first-order chi connectivity index (χ1) is 41.4. The standard InChI is InChI=1S/C70H62O14/c1-47-4-31-67-53(33-47)13-32-69(84-46-82-62-28-26-60(27-29-62)80-44-78-58-20-11-52(12-21-58)50-7-16-56(17-8-50)76-42-72-38-65-40-74-65)70(67)68-36-63(35-54-34-48(2)3-30-66(54)68)83-45-81-61-24-22-59(23-25-61)79-43-77-57-18-9-51(10-19-57)49-5-14-55(15-6-49)75-41-71-37-64-39-73-64/h3-36,64-65H,37-46H2,1-2H3. The molecule has 84 heavy (non-hydrogen) atoms. The van der Waals surface area contributed by atoms with Gasteiger partial charge in [-0.1, -0.05) is 102 Å². The third-order valence-corrected chi connectivity index (χ3v) is 14.0. The van der Waals surface area contributed by atoms with Gasteiger partial charge in [-0.25, -0.2) is 0 Å². The van der Waals surface area contributed by atoms with Crippen LogP contribution in [0.5, 0.6) is 57.5 Å². The van der Waals surface area contributed by atoms with E-state index in [1.807, 2.05) is 164 Å². The molecule has 0 amide bonds. The Kier molecular flexibility index (Phi) is 17.5. The zero-order valence-corrected chi connectivity index (χ0v) is 46.6. The smallest absolute Gasteiger partial charge is 0.230 e. The van der Waals surface area contributed by atoms with E-state index in [1.54, 1.807) is 0 Å². The number of benzene rings is 10. The number of aryl methyl sites for hydroxylation is 2. The summed E-state index contributed by atoms with van der Waals surface area (Å²) in [6.45, 7) is 7.18. The van der Waals surface area contributed by atoms with Crippen LogP contribution < -0.4 is 47.4 Å². The van der Waals surface area contributed by atoms with Crippen molar-refractivity contribution in [3.63, 3.8) is 0 Å². The van der Waals surface area contributed by atoms with Gasteiger partial charge in [0.05, 0.1) is 26.4 Å². The Hall–Kier alpha value is -9.44. The van der Waals surface area contributed by atoms with Crippen LogP contribution in [-0.2, 0) is 18.9 Å². The van der Waals surface area contributed by atoms with Crippen LogP contribution in [0.1, 0.15) is 11.1 Å². The molecule has 0 spiro atoms. The summed E-state index contributed by atoms with van der Waals surface area (Å²) in [5.74, 6) is 6.66. The fraction of sp³-hybridized carbons (Fsp3) is 0.200. The van der Waals surface area contributed by atoms with Crippen LogP contribution in [0.2, 0.25) is 0 Å². The van der Waals surface area contributed by atoms with Gasteiger partial charge in [0.1, 0.15) is 69.7 Å². The van der Waals surface area contributed by atoms with Crippen molar-refractivity contribution < 1.29 is 66.3 Å². The largest absolute Gasteiger partial charge is 0.468 e. The summed E-state index contributed by atoms with van der Waals surface area (Å²) >= 11 is 0. The highest BCUT2D eigenvalue weighted by atomic mass is 16.7. The average molecular weight is 1130 g/mol. The predicted molar refractivity (Wildman–Crippen MR) is 320 cm³/mol. The van der Waals surface area contributed by atoms with E-state index in [-0.39, 0.29) is 53.0 Å². The third-order valence-electron chi connectivity index (χ3n) is 14.0. The highest BCUT2D eigenvalue weighted by molar-refractivity contribution is 6.08. The highest BCUT2D eigenvalue weighted by Crippen LogP contribution is 2.43. The number of rotatable bonds is 29. The van der Waals surface area contributed by atoms with Gasteiger partial charge in [0, 0.05) is 5.56 Å². The molecule has 2 saturated heterocycles. The van der Waals surface area contributed by atoms with Gasteiger partial charge in [-0.15, -0.1) is 0 Å². The molecule has 2 fully saturated rings. The molecule has 0 radical (unpaired) electrons. The number of hydrogen-bond acceptors (Lipinski definition) is 14. The van der Waals surface area contributed by atoms with Gasteiger partial charge in [-0.05, 0) is 178 Å². The molecule has 12 rings (SSSR count). The molecule has 0 N–H and O–H groups in total. The molecule has 426 valence electrons. The second-order valence-electron chi connectivity index (χ2n) is 20.2. The van der Waals surface area contributed by atoms with Crippen LogP contribution >= 0.6 is 0 Å². The molecule has 10 aromatic carbocycles. The summed E-state index contributed by atoms with van der Waals surface area (Å²) in [6, 6.07) is 67.2.